The average molecular weight is 265 g/mol. The number of aromatic amines is 1. The second kappa shape index (κ2) is 4.75. The molecule has 0 fully saturated rings. The molecule has 0 unspecified atom stereocenters. The van der Waals surface area contributed by atoms with Gasteiger partial charge >= 0.3 is 0 Å². The first-order valence-electron chi connectivity index (χ1n) is 7.03. The third-order valence-corrected chi connectivity index (χ3v) is 4.16. The number of fused-ring (bicyclic) bond motifs is 1. The van der Waals surface area contributed by atoms with Crippen molar-refractivity contribution >= 4 is 11.0 Å². The van der Waals surface area contributed by atoms with Crippen LogP contribution in [0.4, 0.5) is 0 Å². The Kier molecular flexibility index (Phi) is 3.05. The van der Waals surface area contributed by atoms with Crippen molar-refractivity contribution in [3.8, 4) is 11.1 Å². The summed E-state index contributed by atoms with van der Waals surface area (Å²) in [5.41, 5.74) is 5.70. The minimum absolute atomic E-state index is 0.109. The average Bonchev–Trinajstić information content (AvgIpc) is 2.95. The van der Waals surface area contributed by atoms with Crippen molar-refractivity contribution in [1.82, 2.24) is 15.4 Å². The van der Waals surface area contributed by atoms with Gasteiger partial charge in [0.05, 0.1) is 0 Å². The molecule has 2 aromatic carbocycles. The summed E-state index contributed by atoms with van der Waals surface area (Å²) < 4.78 is 0. The maximum absolute atomic E-state index is 4.37. The number of hydrogen-bond donors (Lipinski definition) is 1. The van der Waals surface area contributed by atoms with Crippen molar-refractivity contribution < 1.29 is 0 Å². The van der Waals surface area contributed by atoms with E-state index in [0.717, 1.165) is 17.5 Å². The molecule has 0 radical (unpaired) electrons. The van der Waals surface area contributed by atoms with Gasteiger partial charge in [0.1, 0.15) is 11.0 Å². The van der Waals surface area contributed by atoms with Crippen LogP contribution in [0.15, 0.2) is 42.5 Å². The molecule has 1 aromatic heterocycles. The molecule has 1 heterocycles. The van der Waals surface area contributed by atoms with Gasteiger partial charge in [-0.25, -0.2) is 0 Å². The molecule has 0 saturated heterocycles. The molecule has 0 aliphatic rings. The third-order valence-electron chi connectivity index (χ3n) is 4.16. The zero-order valence-corrected chi connectivity index (χ0v) is 12.1. The number of aromatic nitrogens is 3. The Morgan fingerprint density at radius 1 is 1.00 bits per heavy atom. The molecule has 3 aromatic rings. The van der Waals surface area contributed by atoms with Gasteiger partial charge in [-0.15, -0.1) is 0 Å². The van der Waals surface area contributed by atoms with E-state index in [1.807, 2.05) is 6.07 Å². The molecule has 3 rings (SSSR count). The molecule has 0 atom stereocenters. The van der Waals surface area contributed by atoms with Crippen LogP contribution in [-0.2, 0) is 5.41 Å². The monoisotopic (exact) mass is 265 g/mol. The molecule has 1 N–H and O–H groups in total. The quantitative estimate of drug-likeness (QED) is 0.766. The van der Waals surface area contributed by atoms with E-state index in [2.05, 4.69) is 72.6 Å². The lowest BCUT2D eigenvalue weighted by atomic mass is 9.78. The van der Waals surface area contributed by atoms with E-state index in [1.54, 1.807) is 0 Å². The first-order valence-corrected chi connectivity index (χ1v) is 7.03. The number of benzene rings is 2. The Balaban J connectivity index is 2.36. The zero-order chi connectivity index (χ0) is 14.2. The maximum Gasteiger partial charge on any atom is 0.121 e. The van der Waals surface area contributed by atoms with E-state index in [9.17, 15) is 0 Å². The topological polar surface area (TPSA) is 41.6 Å². The number of nitrogens with one attached hydrogen (secondary N) is 1. The van der Waals surface area contributed by atoms with Crippen molar-refractivity contribution in [2.45, 2.75) is 32.6 Å². The van der Waals surface area contributed by atoms with Crippen molar-refractivity contribution in [2.75, 3.05) is 0 Å². The van der Waals surface area contributed by atoms with Gasteiger partial charge in [-0.3, -0.25) is 0 Å². The standard InChI is InChI=1S/C17H19N3/c1-4-17(2,3)13-10-11-14-16(19-20-18-14)15(13)12-8-6-5-7-9-12/h5-11H,4H2,1-3H3,(H,18,19,20). The zero-order valence-electron chi connectivity index (χ0n) is 12.1. The van der Waals surface area contributed by atoms with E-state index in [4.69, 9.17) is 0 Å². The second-order valence-electron chi connectivity index (χ2n) is 5.78. The summed E-state index contributed by atoms with van der Waals surface area (Å²) in [6, 6.07) is 14.7. The summed E-state index contributed by atoms with van der Waals surface area (Å²) in [6.45, 7) is 6.78. The lowest BCUT2D eigenvalue weighted by Gasteiger charge is -2.26. The number of hydrogen-bond acceptors (Lipinski definition) is 2. The highest BCUT2D eigenvalue weighted by Crippen LogP contribution is 2.38. The number of H-pyrrole nitrogens is 1. The van der Waals surface area contributed by atoms with Gasteiger partial charge in [0.2, 0.25) is 0 Å². The summed E-state index contributed by atoms with van der Waals surface area (Å²) in [4.78, 5) is 0. The Morgan fingerprint density at radius 3 is 2.45 bits per heavy atom. The van der Waals surface area contributed by atoms with Crippen molar-refractivity contribution in [2.24, 2.45) is 0 Å². The van der Waals surface area contributed by atoms with Crippen LogP contribution in [0.1, 0.15) is 32.8 Å². The lowest BCUT2D eigenvalue weighted by molar-refractivity contribution is 0.508. The van der Waals surface area contributed by atoms with Crippen molar-refractivity contribution in [3.63, 3.8) is 0 Å². The van der Waals surface area contributed by atoms with Crippen LogP contribution in [0, 0.1) is 0 Å². The minimum Gasteiger partial charge on any atom is -0.197 e. The van der Waals surface area contributed by atoms with E-state index < -0.39 is 0 Å². The van der Waals surface area contributed by atoms with Gasteiger partial charge in [-0.1, -0.05) is 57.2 Å². The van der Waals surface area contributed by atoms with Crippen LogP contribution in [0.25, 0.3) is 22.2 Å². The Hall–Kier alpha value is -2.16. The van der Waals surface area contributed by atoms with Gasteiger partial charge in [0, 0.05) is 5.56 Å². The molecule has 3 heteroatoms. The van der Waals surface area contributed by atoms with Crippen LogP contribution in [-0.4, -0.2) is 15.4 Å². The summed E-state index contributed by atoms with van der Waals surface area (Å²) in [7, 11) is 0. The molecule has 102 valence electrons. The maximum atomic E-state index is 4.37. The van der Waals surface area contributed by atoms with Crippen molar-refractivity contribution in [3.05, 3.63) is 48.0 Å². The molecular weight excluding hydrogens is 246 g/mol. The normalized spacial score (nSPS) is 11.9. The highest BCUT2D eigenvalue weighted by atomic mass is 15.3. The van der Waals surface area contributed by atoms with E-state index in [-0.39, 0.29) is 5.41 Å². The molecule has 20 heavy (non-hydrogen) atoms. The van der Waals surface area contributed by atoms with Gasteiger partial charge < -0.3 is 0 Å². The Bertz CT molecular complexity index is 726. The van der Waals surface area contributed by atoms with Crippen LogP contribution < -0.4 is 0 Å². The molecule has 0 spiro atoms. The predicted octanol–water partition coefficient (Wildman–Crippen LogP) is 4.31. The summed E-state index contributed by atoms with van der Waals surface area (Å²) >= 11 is 0. The molecule has 0 aliphatic heterocycles. The predicted molar refractivity (Wildman–Crippen MR) is 82.6 cm³/mol. The van der Waals surface area contributed by atoms with E-state index in [0.29, 0.717) is 0 Å². The summed E-state index contributed by atoms with van der Waals surface area (Å²) in [5.74, 6) is 0. The van der Waals surface area contributed by atoms with Crippen LogP contribution in [0.3, 0.4) is 0 Å². The summed E-state index contributed by atoms with van der Waals surface area (Å²) in [5, 5.41) is 11.3. The van der Waals surface area contributed by atoms with Crippen LogP contribution >= 0.6 is 0 Å². The van der Waals surface area contributed by atoms with Gasteiger partial charge in [-0.2, -0.15) is 15.4 Å². The molecule has 3 nitrogen and oxygen atoms in total. The van der Waals surface area contributed by atoms with Crippen LogP contribution in [0.5, 0.6) is 0 Å². The van der Waals surface area contributed by atoms with E-state index in [1.165, 1.54) is 16.7 Å². The fourth-order valence-corrected chi connectivity index (χ4v) is 2.56. The van der Waals surface area contributed by atoms with E-state index >= 15 is 0 Å². The minimum atomic E-state index is 0.109. The number of rotatable bonds is 3. The highest BCUT2D eigenvalue weighted by Gasteiger charge is 2.24. The molecule has 0 bridgehead atoms. The second-order valence-corrected chi connectivity index (χ2v) is 5.78. The fraction of sp³-hybridized carbons (Fsp3) is 0.294. The third kappa shape index (κ3) is 1.99. The Morgan fingerprint density at radius 2 is 1.75 bits per heavy atom. The number of nitrogens with zero attached hydrogens (tertiary/aromatic N) is 2. The van der Waals surface area contributed by atoms with Gasteiger partial charge in [0.15, 0.2) is 0 Å². The fourth-order valence-electron chi connectivity index (χ4n) is 2.56. The van der Waals surface area contributed by atoms with Crippen molar-refractivity contribution in [1.29, 1.82) is 0 Å². The first kappa shape index (κ1) is 12.9. The van der Waals surface area contributed by atoms with Gasteiger partial charge in [0.25, 0.3) is 0 Å². The molecule has 0 amide bonds. The SMILES string of the molecule is CCC(C)(C)c1ccc2n[nH]nc2c1-c1ccccc1. The summed E-state index contributed by atoms with van der Waals surface area (Å²) in [6.07, 6.45) is 1.08. The highest BCUT2D eigenvalue weighted by molar-refractivity contribution is 5.93. The largest absolute Gasteiger partial charge is 0.197 e. The van der Waals surface area contributed by atoms with Crippen LogP contribution in [0.2, 0.25) is 0 Å². The Labute approximate surface area is 119 Å². The smallest absolute Gasteiger partial charge is 0.121 e. The first-order chi connectivity index (χ1) is 9.63. The molecule has 0 saturated carbocycles. The molecular formula is C17H19N3. The lowest BCUT2D eigenvalue weighted by Crippen LogP contribution is -2.17. The molecule has 0 aliphatic carbocycles. The van der Waals surface area contributed by atoms with Gasteiger partial charge in [-0.05, 0) is 29.0 Å².